The zero-order valence-electron chi connectivity index (χ0n) is 10.2. The molecule has 0 atom stereocenters. The van der Waals surface area contributed by atoms with Crippen LogP contribution in [0.15, 0.2) is 40.9 Å². The number of anilines is 2. The summed E-state index contributed by atoms with van der Waals surface area (Å²) in [4.78, 5) is 12.2. The SMILES string of the molecule is Cc1ccc(Br)c(NC(=O)c2c(N)cccc2Cl)c1. The Hall–Kier alpha value is -1.52. The van der Waals surface area contributed by atoms with Gasteiger partial charge in [-0.1, -0.05) is 23.7 Å². The second-order valence-corrected chi connectivity index (χ2v) is 5.40. The molecule has 98 valence electrons. The van der Waals surface area contributed by atoms with E-state index in [1.807, 2.05) is 25.1 Å². The Morgan fingerprint density at radius 3 is 2.74 bits per heavy atom. The van der Waals surface area contributed by atoms with Crippen molar-refractivity contribution in [1.82, 2.24) is 0 Å². The third kappa shape index (κ3) is 3.08. The predicted molar refractivity (Wildman–Crippen MR) is 82.7 cm³/mol. The first-order valence-corrected chi connectivity index (χ1v) is 6.77. The lowest BCUT2D eigenvalue weighted by molar-refractivity contribution is 0.102. The number of nitrogens with one attached hydrogen (secondary N) is 1. The molecular formula is C14H12BrClN2O. The van der Waals surface area contributed by atoms with Crippen molar-refractivity contribution >= 4 is 44.8 Å². The van der Waals surface area contributed by atoms with E-state index in [1.54, 1.807) is 18.2 Å². The molecule has 0 fully saturated rings. The Morgan fingerprint density at radius 2 is 2.05 bits per heavy atom. The molecule has 0 aliphatic heterocycles. The quantitative estimate of drug-likeness (QED) is 0.804. The normalized spacial score (nSPS) is 10.3. The van der Waals surface area contributed by atoms with E-state index in [9.17, 15) is 4.79 Å². The third-order valence-electron chi connectivity index (χ3n) is 2.64. The van der Waals surface area contributed by atoms with Crippen molar-refractivity contribution < 1.29 is 4.79 Å². The second-order valence-electron chi connectivity index (χ2n) is 4.14. The van der Waals surface area contributed by atoms with E-state index in [2.05, 4.69) is 21.2 Å². The molecule has 0 saturated heterocycles. The van der Waals surface area contributed by atoms with Gasteiger partial charge in [-0.15, -0.1) is 0 Å². The van der Waals surface area contributed by atoms with Crippen molar-refractivity contribution in [2.24, 2.45) is 0 Å². The first-order valence-electron chi connectivity index (χ1n) is 5.60. The standard InChI is InChI=1S/C14H12BrClN2O/c1-8-5-6-9(15)12(7-8)18-14(19)13-10(16)3-2-4-11(13)17/h2-7H,17H2,1H3,(H,18,19). The molecule has 2 rings (SSSR count). The van der Waals surface area contributed by atoms with Crippen LogP contribution in [0.4, 0.5) is 11.4 Å². The zero-order chi connectivity index (χ0) is 14.0. The molecule has 5 heteroatoms. The van der Waals surface area contributed by atoms with Gasteiger partial charge in [0, 0.05) is 10.2 Å². The van der Waals surface area contributed by atoms with Crippen LogP contribution in [0.5, 0.6) is 0 Å². The van der Waals surface area contributed by atoms with Gasteiger partial charge in [-0.2, -0.15) is 0 Å². The summed E-state index contributed by atoms with van der Waals surface area (Å²) in [6, 6.07) is 10.7. The Bertz CT molecular complexity index is 623. The molecule has 0 saturated carbocycles. The van der Waals surface area contributed by atoms with Gasteiger partial charge in [0.05, 0.1) is 16.3 Å². The molecular weight excluding hydrogens is 328 g/mol. The number of hydrogen-bond donors (Lipinski definition) is 2. The van der Waals surface area contributed by atoms with E-state index < -0.39 is 0 Å². The van der Waals surface area contributed by atoms with Gasteiger partial charge >= 0.3 is 0 Å². The van der Waals surface area contributed by atoms with E-state index in [0.29, 0.717) is 16.4 Å². The molecule has 2 aromatic carbocycles. The summed E-state index contributed by atoms with van der Waals surface area (Å²) in [7, 11) is 0. The highest BCUT2D eigenvalue weighted by Gasteiger charge is 2.15. The summed E-state index contributed by atoms with van der Waals surface area (Å²) >= 11 is 9.40. The maximum atomic E-state index is 12.2. The number of benzene rings is 2. The molecule has 3 N–H and O–H groups in total. The largest absolute Gasteiger partial charge is 0.398 e. The average Bonchev–Trinajstić information content (AvgIpc) is 2.33. The Balaban J connectivity index is 2.34. The van der Waals surface area contributed by atoms with E-state index >= 15 is 0 Å². The molecule has 0 aromatic heterocycles. The minimum absolute atomic E-state index is 0.289. The number of carbonyl (C=O) groups excluding carboxylic acids is 1. The van der Waals surface area contributed by atoms with Gasteiger partial charge in [-0.05, 0) is 52.7 Å². The van der Waals surface area contributed by atoms with Crippen LogP contribution in [0, 0.1) is 6.92 Å². The summed E-state index contributed by atoms with van der Waals surface area (Å²) in [6.45, 7) is 1.95. The van der Waals surface area contributed by atoms with Crippen molar-refractivity contribution in [3.63, 3.8) is 0 Å². The topological polar surface area (TPSA) is 55.1 Å². The molecule has 0 unspecified atom stereocenters. The van der Waals surface area contributed by atoms with Gasteiger partial charge in [0.1, 0.15) is 0 Å². The lowest BCUT2D eigenvalue weighted by atomic mass is 10.1. The maximum Gasteiger partial charge on any atom is 0.259 e. The molecule has 0 spiro atoms. The molecule has 2 aromatic rings. The molecule has 0 aliphatic carbocycles. The maximum absolute atomic E-state index is 12.2. The van der Waals surface area contributed by atoms with Crippen LogP contribution >= 0.6 is 27.5 Å². The van der Waals surface area contributed by atoms with Crippen LogP contribution in [-0.2, 0) is 0 Å². The van der Waals surface area contributed by atoms with Crippen LogP contribution in [0.3, 0.4) is 0 Å². The summed E-state index contributed by atoms with van der Waals surface area (Å²) in [5.74, 6) is -0.325. The van der Waals surface area contributed by atoms with E-state index in [-0.39, 0.29) is 11.5 Å². The van der Waals surface area contributed by atoms with Crippen LogP contribution in [0.25, 0.3) is 0 Å². The number of carbonyl (C=O) groups is 1. The first kappa shape index (κ1) is 13.9. The fourth-order valence-corrected chi connectivity index (χ4v) is 2.31. The number of aryl methyl sites for hydroxylation is 1. The highest BCUT2D eigenvalue weighted by Crippen LogP contribution is 2.27. The molecule has 0 aliphatic rings. The van der Waals surface area contributed by atoms with Crippen LogP contribution in [0.1, 0.15) is 15.9 Å². The molecule has 0 radical (unpaired) electrons. The molecule has 1 amide bonds. The first-order chi connectivity index (χ1) is 8.99. The smallest absolute Gasteiger partial charge is 0.259 e. The average molecular weight is 340 g/mol. The lowest BCUT2D eigenvalue weighted by Crippen LogP contribution is -2.15. The van der Waals surface area contributed by atoms with Gasteiger partial charge in [0.15, 0.2) is 0 Å². The number of nitrogen functional groups attached to an aromatic ring is 1. The third-order valence-corrected chi connectivity index (χ3v) is 3.65. The lowest BCUT2D eigenvalue weighted by Gasteiger charge is -2.11. The summed E-state index contributed by atoms with van der Waals surface area (Å²) < 4.78 is 0.803. The Morgan fingerprint density at radius 1 is 1.32 bits per heavy atom. The van der Waals surface area contributed by atoms with Crippen LogP contribution in [-0.4, -0.2) is 5.91 Å². The molecule has 19 heavy (non-hydrogen) atoms. The number of hydrogen-bond acceptors (Lipinski definition) is 2. The number of rotatable bonds is 2. The highest BCUT2D eigenvalue weighted by atomic mass is 79.9. The van der Waals surface area contributed by atoms with Gasteiger partial charge in [-0.25, -0.2) is 0 Å². The predicted octanol–water partition coefficient (Wildman–Crippen LogP) is 4.25. The molecule has 0 bridgehead atoms. The van der Waals surface area contributed by atoms with Crippen molar-refractivity contribution in [3.8, 4) is 0 Å². The fraction of sp³-hybridized carbons (Fsp3) is 0.0714. The Kier molecular flexibility index (Phi) is 4.12. The van der Waals surface area contributed by atoms with Crippen LogP contribution < -0.4 is 11.1 Å². The molecule has 0 heterocycles. The summed E-state index contributed by atoms with van der Waals surface area (Å²) in [5.41, 5.74) is 8.16. The van der Waals surface area contributed by atoms with Crippen molar-refractivity contribution in [1.29, 1.82) is 0 Å². The van der Waals surface area contributed by atoms with Crippen LogP contribution in [0.2, 0.25) is 5.02 Å². The molecule has 3 nitrogen and oxygen atoms in total. The van der Waals surface area contributed by atoms with Gasteiger partial charge < -0.3 is 11.1 Å². The monoisotopic (exact) mass is 338 g/mol. The minimum atomic E-state index is -0.325. The summed E-state index contributed by atoms with van der Waals surface area (Å²) in [6.07, 6.45) is 0. The van der Waals surface area contributed by atoms with Gasteiger partial charge in [-0.3, -0.25) is 4.79 Å². The van der Waals surface area contributed by atoms with Gasteiger partial charge in [0.25, 0.3) is 5.91 Å². The van der Waals surface area contributed by atoms with Crippen molar-refractivity contribution in [3.05, 3.63) is 57.0 Å². The Labute approximate surface area is 124 Å². The number of halogens is 2. The van der Waals surface area contributed by atoms with Gasteiger partial charge in [0.2, 0.25) is 0 Å². The van der Waals surface area contributed by atoms with E-state index in [1.165, 1.54) is 0 Å². The number of amides is 1. The van der Waals surface area contributed by atoms with E-state index in [4.69, 9.17) is 17.3 Å². The highest BCUT2D eigenvalue weighted by molar-refractivity contribution is 9.10. The zero-order valence-corrected chi connectivity index (χ0v) is 12.5. The van der Waals surface area contributed by atoms with Crippen molar-refractivity contribution in [2.45, 2.75) is 6.92 Å². The van der Waals surface area contributed by atoms with Crippen molar-refractivity contribution in [2.75, 3.05) is 11.1 Å². The van der Waals surface area contributed by atoms with E-state index in [0.717, 1.165) is 10.0 Å². The summed E-state index contributed by atoms with van der Waals surface area (Å²) in [5, 5.41) is 3.13. The minimum Gasteiger partial charge on any atom is -0.398 e. The number of nitrogens with two attached hydrogens (primary N) is 1. The second kappa shape index (κ2) is 5.63. The fourth-order valence-electron chi connectivity index (χ4n) is 1.70.